The van der Waals surface area contributed by atoms with Gasteiger partial charge in [0, 0.05) is 16.4 Å². The summed E-state index contributed by atoms with van der Waals surface area (Å²) in [5, 5.41) is 2.18. The van der Waals surface area contributed by atoms with Gasteiger partial charge < -0.3 is 5.32 Å². The van der Waals surface area contributed by atoms with E-state index in [1.54, 1.807) is 0 Å². The zero-order valence-corrected chi connectivity index (χ0v) is 13.4. The number of rotatable bonds is 2. The van der Waals surface area contributed by atoms with Crippen LogP contribution in [0.3, 0.4) is 0 Å². The maximum Gasteiger partial charge on any atom is 0.258 e. The van der Waals surface area contributed by atoms with Crippen LogP contribution in [-0.2, 0) is 0 Å². The summed E-state index contributed by atoms with van der Waals surface area (Å²) >= 11 is 20.3. The lowest BCUT2D eigenvalue weighted by Gasteiger charge is -2.08. The van der Waals surface area contributed by atoms with E-state index in [1.165, 1.54) is 24.4 Å². The minimum absolute atomic E-state index is 0.0463. The van der Waals surface area contributed by atoms with Crippen LogP contribution in [0.1, 0.15) is 10.4 Å². The minimum atomic E-state index is -0.742. The maximum atomic E-state index is 13.3. The number of carbonyl (C=O) groups excluding carboxylic acids is 1. The van der Waals surface area contributed by atoms with E-state index in [9.17, 15) is 9.18 Å². The summed E-state index contributed by atoms with van der Waals surface area (Å²) in [6.07, 6.45) is 1.46. The van der Waals surface area contributed by atoms with Crippen LogP contribution in [0, 0.1) is 5.82 Å². The molecule has 3 nitrogen and oxygen atoms in total. The molecule has 0 aliphatic heterocycles. The van der Waals surface area contributed by atoms with Gasteiger partial charge in [-0.05, 0) is 34.1 Å². The third-order valence-electron chi connectivity index (χ3n) is 2.29. The van der Waals surface area contributed by atoms with E-state index < -0.39 is 11.7 Å². The molecule has 1 amide bonds. The zero-order valence-electron chi connectivity index (χ0n) is 9.55. The third-order valence-corrected chi connectivity index (χ3v) is 3.58. The summed E-state index contributed by atoms with van der Waals surface area (Å²) in [4.78, 5) is 15.9. The fourth-order valence-electron chi connectivity index (χ4n) is 1.41. The molecule has 1 aromatic heterocycles. The Morgan fingerprint density at radius 1 is 1.20 bits per heavy atom. The van der Waals surface area contributed by atoms with Crippen LogP contribution in [0.15, 0.2) is 28.9 Å². The molecular weight excluding hydrogens is 393 g/mol. The smallest absolute Gasteiger partial charge is 0.258 e. The van der Waals surface area contributed by atoms with Gasteiger partial charge in [0.2, 0.25) is 0 Å². The third kappa shape index (κ3) is 3.41. The number of amides is 1. The normalized spacial score (nSPS) is 10.4. The molecule has 0 atom stereocenters. The molecule has 0 unspecified atom stereocenters. The first-order valence-corrected chi connectivity index (χ1v) is 7.08. The maximum absolute atomic E-state index is 13.3. The number of hydrogen-bond donors (Lipinski definition) is 1. The second-order valence-electron chi connectivity index (χ2n) is 3.70. The fraction of sp³-hybridized carbons (Fsp3) is 0. The van der Waals surface area contributed by atoms with Gasteiger partial charge in [0.1, 0.15) is 5.15 Å². The Morgan fingerprint density at radius 2 is 1.80 bits per heavy atom. The number of halogens is 5. The molecule has 0 saturated carbocycles. The van der Waals surface area contributed by atoms with Crippen LogP contribution in [0.5, 0.6) is 0 Å². The molecular formula is C12H5BrCl3FN2O. The molecule has 1 aromatic carbocycles. The Morgan fingerprint density at radius 3 is 2.40 bits per heavy atom. The van der Waals surface area contributed by atoms with Gasteiger partial charge in [-0.2, -0.15) is 0 Å². The van der Waals surface area contributed by atoms with Gasteiger partial charge in [0.25, 0.3) is 5.91 Å². The van der Waals surface area contributed by atoms with E-state index >= 15 is 0 Å². The van der Waals surface area contributed by atoms with Gasteiger partial charge in [-0.25, -0.2) is 9.37 Å². The molecule has 1 N–H and O–H groups in total. The molecule has 0 spiro atoms. The van der Waals surface area contributed by atoms with Gasteiger partial charge in [-0.15, -0.1) is 0 Å². The highest BCUT2D eigenvalue weighted by atomic mass is 79.9. The summed E-state index contributed by atoms with van der Waals surface area (Å²) in [7, 11) is 0. The molecule has 8 heteroatoms. The Bertz CT molecular complexity index is 673. The number of nitrogens with zero attached hydrogens (tertiary/aromatic N) is 1. The lowest BCUT2D eigenvalue weighted by Crippen LogP contribution is -2.13. The van der Waals surface area contributed by atoms with Crippen molar-refractivity contribution in [1.29, 1.82) is 0 Å². The first-order valence-electron chi connectivity index (χ1n) is 5.15. The lowest BCUT2D eigenvalue weighted by molar-refractivity contribution is 0.102. The highest BCUT2D eigenvalue weighted by Gasteiger charge is 2.14. The molecule has 20 heavy (non-hydrogen) atoms. The largest absolute Gasteiger partial charge is 0.322 e. The van der Waals surface area contributed by atoms with E-state index in [4.69, 9.17) is 34.8 Å². The minimum Gasteiger partial charge on any atom is -0.322 e. The Balaban J connectivity index is 2.30. The van der Waals surface area contributed by atoms with Crippen molar-refractivity contribution in [3.63, 3.8) is 0 Å². The van der Waals surface area contributed by atoms with E-state index in [0.717, 1.165) is 0 Å². The summed E-state index contributed by atoms with van der Waals surface area (Å²) in [6.45, 7) is 0. The predicted molar refractivity (Wildman–Crippen MR) is 81.3 cm³/mol. The molecule has 2 aromatic rings. The predicted octanol–water partition coefficient (Wildman–Crippen LogP) is 5.20. The van der Waals surface area contributed by atoms with Crippen molar-refractivity contribution in [3.8, 4) is 0 Å². The monoisotopic (exact) mass is 396 g/mol. The number of hydrogen-bond acceptors (Lipinski definition) is 2. The molecule has 0 aliphatic rings. The molecule has 0 fully saturated rings. The first-order chi connectivity index (χ1) is 9.38. The van der Waals surface area contributed by atoms with Gasteiger partial charge in [0.05, 0.1) is 15.6 Å². The quantitative estimate of drug-likeness (QED) is 0.558. The average molecular weight is 398 g/mol. The molecule has 0 aliphatic carbocycles. The van der Waals surface area contributed by atoms with Crippen molar-refractivity contribution >= 4 is 62.3 Å². The average Bonchev–Trinajstić information content (AvgIpc) is 2.38. The topological polar surface area (TPSA) is 42.0 Å². The van der Waals surface area contributed by atoms with Crippen LogP contribution in [0.25, 0.3) is 0 Å². The highest BCUT2D eigenvalue weighted by molar-refractivity contribution is 9.10. The van der Waals surface area contributed by atoms with Crippen LogP contribution in [0.2, 0.25) is 15.2 Å². The van der Waals surface area contributed by atoms with Crippen molar-refractivity contribution in [2.75, 3.05) is 5.32 Å². The number of aromatic nitrogens is 1. The zero-order chi connectivity index (χ0) is 14.9. The van der Waals surface area contributed by atoms with E-state index in [2.05, 4.69) is 26.2 Å². The van der Waals surface area contributed by atoms with Crippen LogP contribution in [-0.4, -0.2) is 10.9 Å². The van der Waals surface area contributed by atoms with Crippen molar-refractivity contribution in [2.24, 2.45) is 0 Å². The number of nitrogens with one attached hydrogen (secondary N) is 1. The molecule has 0 bridgehead atoms. The van der Waals surface area contributed by atoms with E-state index in [-0.39, 0.29) is 26.4 Å². The second kappa shape index (κ2) is 6.26. The number of carbonyl (C=O) groups is 1. The molecule has 2 rings (SSSR count). The number of benzene rings is 1. The second-order valence-corrected chi connectivity index (χ2v) is 5.79. The number of anilines is 1. The van der Waals surface area contributed by atoms with Gasteiger partial charge >= 0.3 is 0 Å². The summed E-state index contributed by atoms with van der Waals surface area (Å²) < 4.78 is 13.9. The van der Waals surface area contributed by atoms with E-state index in [1.807, 2.05) is 0 Å². The van der Waals surface area contributed by atoms with Gasteiger partial charge in [-0.3, -0.25) is 4.79 Å². The van der Waals surface area contributed by atoms with Crippen molar-refractivity contribution in [2.45, 2.75) is 0 Å². The summed E-state index contributed by atoms with van der Waals surface area (Å²) in [5.41, 5.74) is 0.417. The SMILES string of the molecule is O=C(Nc1cc(Cl)c(F)c(Cl)c1)c1cc(Br)cnc1Cl. The van der Waals surface area contributed by atoms with Gasteiger partial charge in [-0.1, -0.05) is 34.8 Å². The Labute approximate surface area is 137 Å². The highest BCUT2D eigenvalue weighted by Crippen LogP contribution is 2.28. The molecule has 0 saturated heterocycles. The standard InChI is InChI=1S/C12H5BrCl3FN2O/c13-5-1-7(11(16)18-4-5)12(20)19-6-2-8(14)10(17)9(15)3-6/h1-4H,(H,19,20). The lowest BCUT2D eigenvalue weighted by atomic mass is 10.2. The van der Waals surface area contributed by atoms with E-state index in [0.29, 0.717) is 4.47 Å². The number of pyridine rings is 1. The summed E-state index contributed by atoms with van der Waals surface area (Å²) in [6, 6.07) is 4.01. The molecule has 1 heterocycles. The van der Waals surface area contributed by atoms with Crippen LogP contribution < -0.4 is 5.32 Å². The van der Waals surface area contributed by atoms with Crippen LogP contribution in [0.4, 0.5) is 10.1 Å². The first kappa shape index (κ1) is 15.5. The van der Waals surface area contributed by atoms with Gasteiger partial charge in [0.15, 0.2) is 5.82 Å². The Kier molecular flexibility index (Phi) is 4.86. The van der Waals surface area contributed by atoms with Crippen molar-refractivity contribution in [3.05, 3.63) is 55.4 Å². The van der Waals surface area contributed by atoms with Crippen LogP contribution >= 0.6 is 50.7 Å². The fourth-order valence-corrected chi connectivity index (χ4v) is 2.42. The molecule has 0 radical (unpaired) electrons. The summed E-state index contributed by atoms with van der Waals surface area (Å²) in [5.74, 6) is -1.25. The Hall–Kier alpha value is -0.880. The molecule has 104 valence electrons. The van der Waals surface area contributed by atoms with Crippen molar-refractivity contribution < 1.29 is 9.18 Å². The van der Waals surface area contributed by atoms with Crippen molar-refractivity contribution in [1.82, 2.24) is 4.98 Å².